The molecule has 9 N–H and O–H groups in total. The first-order chi connectivity index (χ1) is 64.7. The van der Waals surface area contributed by atoms with Crippen LogP contribution in [0.4, 0.5) is 89.2 Å². The maximum atomic E-state index is 13.8. The Balaban J connectivity index is 0.000000222. The SMILES string of the molecule is CCCNC(=O)N1CCC[C@H](C(=O)Nc2ccc(Cl)c(F)c2)C1.CCN(C)C(=O)N1CCC[C@H](C(=O)Nc2ccc(Cl)c(F)c2)C1.CCNC(=O)N1CCC[C@H](C(=O)Nc2ccc(Cl)c(F)c2)C1.CCOC(=O)N1CCC[C@H](C(=O)Nc2cccc(Cl)c2F)C1.CN(C)C(=O)N1CCC[C@H](C(=O)Nc2ccc(Cl)c(F)c2)C1.Cc1ccc(NC(=O)[C@H]2CCCN(C(=O)NCC(C)C)C2)cc1F. The number of aryl methyl sites for hydroxylation is 1. The molecule has 6 saturated heterocycles. The van der Waals surface area contributed by atoms with E-state index in [1.807, 2.05) is 34.6 Å². The molecule has 12 rings (SSSR count). The first-order valence-electron chi connectivity index (χ1n) is 45.5. The maximum Gasteiger partial charge on any atom is 0.409 e. The number of piperidine rings is 6. The maximum absolute atomic E-state index is 13.8. The number of benzene rings is 6. The summed E-state index contributed by atoms with van der Waals surface area (Å²) in [6, 6.07) is 25.0. The Morgan fingerprint density at radius 3 is 1.04 bits per heavy atom. The summed E-state index contributed by atoms with van der Waals surface area (Å²) in [5.74, 6) is -6.09. The fraction of sp³-hybridized carbons (Fsp3) is 0.495. The molecule has 6 heterocycles. The summed E-state index contributed by atoms with van der Waals surface area (Å²) in [5.41, 5.74) is 2.49. The lowest BCUT2D eigenvalue weighted by Crippen LogP contribution is -2.48. The van der Waals surface area contributed by atoms with E-state index in [1.54, 1.807) is 107 Å². The Hall–Kier alpha value is -11.2. The Morgan fingerprint density at radius 2 is 0.706 bits per heavy atom. The van der Waals surface area contributed by atoms with Crippen LogP contribution in [-0.4, -0.2) is 243 Å². The summed E-state index contributed by atoms with van der Waals surface area (Å²) < 4.78 is 85.9. The number of hydrogen-bond acceptors (Lipinski definition) is 13. The third-order valence-electron chi connectivity index (χ3n) is 22.8. The van der Waals surface area contributed by atoms with E-state index in [-0.39, 0.29) is 138 Å². The summed E-state index contributed by atoms with van der Waals surface area (Å²) in [4.78, 5) is 159. The number of amides is 17. The minimum atomic E-state index is -0.657. The molecule has 17 amide bonds. The molecule has 6 aliphatic rings. The number of hydrogen-bond donors (Lipinski definition) is 9. The number of ether oxygens (including phenoxy) is 1. The van der Waals surface area contributed by atoms with Crippen molar-refractivity contribution in [2.45, 2.75) is 132 Å². The Morgan fingerprint density at radius 1 is 0.390 bits per heavy atom. The van der Waals surface area contributed by atoms with Crippen LogP contribution in [0.3, 0.4) is 0 Å². The number of nitrogens with zero attached hydrogens (tertiary/aromatic N) is 8. The first kappa shape index (κ1) is 112. The fourth-order valence-corrected chi connectivity index (χ4v) is 15.8. The molecule has 0 aromatic heterocycles. The van der Waals surface area contributed by atoms with Crippen molar-refractivity contribution in [1.82, 2.24) is 55.1 Å². The molecule has 0 saturated carbocycles. The standard InChI is InChI=1S/C18H26FN3O2.2C16H21ClFN3O2.2C15H19ClFN3O2.C15H18ClFN2O3/c1-12(2)10-20-18(24)22-8-4-5-14(11-22)17(23)21-15-7-6-13(3)16(19)9-15;1-3-20(2)16(23)21-8-4-5-11(10-21)15(22)19-12-6-7-13(17)14(18)9-12;1-2-7-19-16(23)21-8-3-4-11(10-21)15(22)20-12-5-6-13(17)14(18)9-12;1-19(2)15(22)20-7-3-4-10(9-20)14(21)18-11-5-6-12(16)13(17)8-11;1-2-18-15(22)20-7-3-4-10(9-20)14(21)19-11-5-6-12(16)13(17)8-11;1-2-22-15(21)19-8-4-5-10(9-19)14(20)18-12-7-3-6-11(16)13(12)17/h6-7,9,12,14H,4-5,8,10-11H2,1-3H3,(H,20,24)(H,21,23);6-7,9,11H,3-5,8,10H2,1-2H3,(H,19,22);5-6,9,11H,2-4,7-8,10H2,1H3,(H,19,23)(H,20,22);5-6,8,10H,3-4,7,9H2,1-2H3,(H,18,21);5-6,8,10H,2-4,7,9H2,1H3,(H,18,22)(H,19,21);3,6-7,10H,2,4-5,8-9H2,1H3,(H,18,20)/t14-;2*11-;3*10-/m000000/s1. The van der Waals surface area contributed by atoms with Crippen molar-refractivity contribution < 1.29 is 88.6 Å². The Labute approximate surface area is 815 Å². The number of halogens is 11. The number of carbonyl (C=O) groups is 12. The van der Waals surface area contributed by atoms with Crippen molar-refractivity contribution in [1.29, 1.82) is 0 Å². The molecule has 0 aliphatic carbocycles. The van der Waals surface area contributed by atoms with E-state index in [2.05, 4.69) is 47.9 Å². The van der Waals surface area contributed by atoms with Crippen LogP contribution in [0.1, 0.15) is 131 Å². The molecule has 0 bridgehead atoms. The summed E-state index contributed by atoms with van der Waals surface area (Å²) >= 11 is 28.2. The quantitative estimate of drug-likeness (QED) is 0.0341. The van der Waals surface area contributed by atoms with Gasteiger partial charge in [0.1, 0.15) is 29.1 Å². The number of anilines is 6. The normalized spacial score (nSPS) is 17.8. The monoisotopic (exact) mass is 2000 g/mol. The third-order valence-corrected chi connectivity index (χ3v) is 24.3. The van der Waals surface area contributed by atoms with Crippen LogP contribution in [0.25, 0.3) is 0 Å². The molecule has 136 heavy (non-hydrogen) atoms. The predicted octanol–water partition coefficient (Wildman–Crippen LogP) is 18.6. The lowest BCUT2D eigenvalue weighted by molar-refractivity contribution is -0.122. The van der Waals surface area contributed by atoms with Crippen LogP contribution < -0.4 is 47.9 Å². The van der Waals surface area contributed by atoms with Crippen molar-refractivity contribution >= 4 is 164 Å². The zero-order valence-electron chi connectivity index (χ0n) is 78.2. The van der Waals surface area contributed by atoms with Crippen molar-refractivity contribution in [3.63, 3.8) is 0 Å². The minimum absolute atomic E-state index is 0.0121. The molecule has 6 aromatic rings. The van der Waals surface area contributed by atoms with Gasteiger partial charge in [-0.3, -0.25) is 28.8 Å². The Bertz CT molecular complexity index is 5080. The lowest BCUT2D eigenvalue weighted by atomic mass is 9.97. The van der Waals surface area contributed by atoms with Gasteiger partial charge >= 0.3 is 36.2 Å². The number of likely N-dealkylation sites (tertiary alicyclic amines) is 6. The second-order valence-electron chi connectivity index (χ2n) is 34.0. The van der Waals surface area contributed by atoms with Gasteiger partial charge in [-0.2, -0.15) is 0 Å². The largest absolute Gasteiger partial charge is 0.450 e. The van der Waals surface area contributed by atoms with Crippen LogP contribution in [0.2, 0.25) is 25.1 Å². The Kier molecular flexibility index (Phi) is 46.4. The average molecular weight is 2000 g/mol. The summed E-state index contributed by atoms with van der Waals surface area (Å²) in [6.45, 7) is 21.9. The van der Waals surface area contributed by atoms with Crippen molar-refractivity contribution in [3.8, 4) is 0 Å². The zero-order valence-corrected chi connectivity index (χ0v) is 82.0. The third kappa shape index (κ3) is 36.0. The summed E-state index contributed by atoms with van der Waals surface area (Å²) in [6.07, 6.45) is 9.22. The molecule has 0 unspecified atom stereocenters. The van der Waals surface area contributed by atoms with Crippen molar-refractivity contribution in [2.24, 2.45) is 41.4 Å². The van der Waals surface area contributed by atoms with E-state index in [1.165, 1.54) is 76.5 Å². The van der Waals surface area contributed by atoms with Crippen LogP contribution in [0, 0.1) is 83.3 Å². The second-order valence-corrected chi connectivity index (χ2v) is 36.1. The molecule has 0 spiro atoms. The van der Waals surface area contributed by atoms with Crippen LogP contribution in [-0.2, 0) is 33.5 Å². The molecular formula is C95H124Cl5F6N17O13. The number of urea groups is 5. The number of nitrogens with one attached hydrogen (secondary N) is 9. The van der Waals surface area contributed by atoms with Gasteiger partial charge in [-0.15, -0.1) is 0 Å². The van der Waals surface area contributed by atoms with E-state index >= 15 is 0 Å². The van der Waals surface area contributed by atoms with Gasteiger partial charge in [-0.1, -0.05) is 90.9 Å². The van der Waals surface area contributed by atoms with Gasteiger partial charge in [-0.25, -0.2) is 55.1 Å². The van der Waals surface area contributed by atoms with Gasteiger partial charge in [0.05, 0.1) is 72.9 Å². The van der Waals surface area contributed by atoms with Crippen LogP contribution in [0.5, 0.6) is 0 Å². The zero-order chi connectivity index (χ0) is 100.0. The fourth-order valence-electron chi connectivity index (χ4n) is 15.1. The smallest absolute Gasteiger partial charge is 0.409 e. The number of rotatable bonds is 19. The van der Waals surface area contributed by atoms with E-state index in [0.29, 0.717) is 183 Å². The van der Waals surface area contributed by atoms with Crippen molar-refractivity contribution in [3.05, 3.63) is 175 Å². The van der Waals surface area contributed by atoms with E-state index in [9.17, 15) is 83.9 Å². The number of carbonyl (C=O) groups excluding carboxylic acids is 12. The second kappa shape index (κ2) is 56.5. The molecule has 744 valence electrons. The minimum Gasteiger partial charge on any atom is -0.450 e. The van der Waals surface area contributed by atoms with Gasteiger partial charge in [-0.05, 0) is 220 Å². The summed E-state index contributed by atoms with van der Waals surface area (Å²) in [5, 5.41) is 24.5. The highest BCUT2D eigenvalue weighted by molar-refractivity contribution is 6.32. The van der Waals surface area contributed by atoms with E-state index < -0.39 is 41.1 Å². The molecule has 30 nitrogen and oxygen atoms in total. The van der Waals surface area contributed by atoms with Gasteiger partial charge in [0.2, 0.25) is 35.4 Å². The van der Waals surface area contributed by atoms with Gasteiger partial charge in [0.15, 0.2) is 5.82 Å². The highest BCUT2D eigenvalue weighted by atomic mass is 35.5. The highest BCUT2D eigenvalue weighted by Gasteiger charge is 2.36. The lowest BCUT2D eigenvalue weighted by Gasteiger charge is -2.34. The van der Waals surface area contributed by atoms with Crippen LogP contribution in [0.15, 0.2) is 109 Å². The van der Waals surface area contributed by atoms with Gasteiger partial charge < -0.3 is 91.8 Å². The topological polar surface area (TPSA) is 348 Å². The molecule has 0 radical (unpaired) electrons. The molecule has 6 atom stereocenters. The molecule has 6 aliphatic heterocycles. The molecule has 41 heteroatoms. The van der Waals surface area contributed by atoms with E-state index in [0.717, 1.165) is 44.9 Å². The first-order valence-corrected chi connectivity index (χ1v) is 47.4. The predicted molar refractivity (Wildman–Crippen MR) is 517 cm³/mol. The average Bonchev–Trinajstić information content (AvgIpc) is 0.843. The summed E-state index contributed by atoms with van der Waals surface area (Å²) in [7, 11) is 5.10. The van der Waals surface area contributed by atoms with Gasteiger partial charge in [0.25, 0.3) is 0 Å². The molecule has 6 fully saturated rings. The highest BCUT2D eigenvalue weighted by Crippen LogP contribution is 2.31. The molecular weight excluding hydrogens is 1880 g/mol. The molecule has 6 aromatic carbocycles. The van der Waals surface area contributed by atoms with Gasteiger partial charge in [0, 0.05) is 154 Å². The van der Waals surface area contributed by atoms with Crippen molar-refractivity contribution in [2.75, 3.05) is 164 Å². The van der Waals surface area contributed by atoms with Crippen LogP contribution >= 0.6 is 58.0 Å². The van der Waals surface area contributed by atoms with E-state index in [4.69, 9.17) is 62.7 Å².